The molecule has 3 rings (SSSR count). The van der Waals surface area contributed by atoms with Crippen LogP contribution in [0.5, 0.6) is 5.75 Å². The topological polar surface area (TPSA) is 72.6 Å². The van der Waals surface area contributed by atoms with Gasteiger partial charge in [-0.3, -0.25) is 14.5 Å². The maximum Gasteiger partial charge on any atom is 0.238 e. The Hall–Kier alpha value is -2.54. The first-order valence-electron chi connectivity index (χ1n) is 8.56. The third-order valence-corrected chi connectivity index (χ3v) is 5.14. The smallest absolute Gasteiger partial charge is 0.238 e. The Bertz CT molecular complexity index is 878. The number of benzene rings is 1. The lowest BCUT2D eigenvalue weighted by Crippen LogP contribution is -2.26. The third-order valence-electron chi connectivity index (χ3n) is 4.11. The summed E-state index contributed by atoms with van der Waals surface area (Å²) in [4.78, 5) is 30.6. The lowest BCUT2D eigenvalue weighted by molar-refractivity contribution is -0.125. The van der Waals surface area contributed by atoms with Crippen LogP contribution in [0.4, 0.5) is 0 Å². The monoisotopic (exact) mass is 386 g/mol. The van der Waals surface area contributed by atoms with Crippen molar-refractivity contribution in [3.05, 3.63) is 47.3 Å². The Kier molecular flexibility index (Phi) is 5.41. The highest BCUT2D eigenvalue weighted by Crippen LogP contribution is 2.32. The average Bonchev–Trinajstić information content (AvgIpc) is 3.23. The summed E-state index contributed by atoms with van der Waals surface area (Å²) in [7, 11) is 1.61. The zero-order valence-electron chi connectivity index (χ0n) is 15.8. The van der Waals surface area contributed by atoms with Crippen LogP contribution in [-0.2, 0) is 16.1 Å². The number of rotatable bonds is 5. The molecular weight excluding hydrogens is 364 g/mol. The number of carbonyl (C=O) groups excluding carboxylic acids is 2. The quantitative estimate of drug-likeness (QED) is 0.726. The number of carbonyl (C=O) groups is 2. The molecule has 7 heteroatoms. The number of hydrogen-bond donors (Lipinski definition) is 0. The van der Waals surface area contributed by atoms with Gasteiger partial charge in [-0.25, -0.2) is 4.98 Å². The molecule has 27 heavy (non-hydrogen) atoms. The molecule has 0 aliphatic carbocycles. The predicted molar refractivity (Wildman–Crippen MR) is 104 cm³/mol. The first kappa shape index (κ1) is 19.2. The molecule has 2 heterocycles. The van der Waals surface area contributed by atoms with Crippen molar-refractivity contribution in [1.82, 2.24) is 9.88 Å². The van der Waals surface area contributed by atoms with Gasteiger partial charge in [0.25, 0.3) is 0 Å². The van der Waals surface area contributed by atoms with E-state index < -0.39 is 5.41 Å². The molecule has 142 valence electrons. The first-order chi connectivity index (χ1) is 12.8. The number of nitrogens with zero attached hydrogens (tertiary/aromatic N) is 2. The SMILES string of the molecule is COc1ccc(-c2nc(CN3C(=O)CS/C3=C\C(=O)C(C)(C)C)co2)cc1. The van der Waals surface area contributed by atoms with Crippen LogP contribution in [0.2, 0.25) is 0 Å². The highest BCUT2D eigenvalue weighted by molar-refractivity contribution is 8.04. The second-order valence-electron chi connectivity index (χ2n) is 7.24. The van der Waals surface area contributed by atoms with Crippen molar-refractivity contribution >= 4 is 23.5 Å². The minimum atomic E-state index is -0.486. The van der Waals surface area contributed by atoms with E-state index in [1.165, 1.54) is 11.8 Å². The summed E-state index contributed by atoms with van der Waals surface area (Å²) in [5.41, 5.74) is 0.967. The number of ketones is 1. The minimum absolute atomic E-state index is 0.0104. The molecule has 0 bridgehead atoms. The maximum absolute atomic E-state index is 12.3. The van der Waals surface area contributed by atoms with E-state index in [0.717, 1.165) is 11.3 Å². The molecule has 0 radical (unpaired) electrons. The molecule has 1 saturated heterocycles. The fourth-order valence-electron chi connectivity index (χ4n) is 2.44. The fourth-order valence-corrected chi connectivity index (χ4v) is 3.38. The summed E-state index contributed by atoms with van der Waals surface area (Å²) < 4.78 is 10.7. The van der Waals surface area contributed by atoms with E-state index in [9.17, 15) is 9.59 Å². The summed E-state index contributed by atoms with van der Waals surface area (Å²) in [6.07, 6.45) is 3.10. The van der Waals surface area contributed by atoms with Crippen LogP contribution < -0.4 is 4.74 Å². The van der Waals surface area contributed by atoms with Crippen LogP contribution in [0.15, 0.2) is 46.1 Å². The number of allylic oxidation sites excluding steroid dienone is 1. The second kappa shape index (κ2) is 7.60. The molecule has 2 aromatic rings. The van der Waals surface area contributed by atoms with Crippen molar-refractivity contribution in [1.29, 1.82) is 0 Å². The van der Waals surface area contributed by atoms with Crippen molar-refractivity contribution in [2.75, 3.05) is 12.9 Å². The molecule has 0 saturated carbocycles. The van der Waals surface area contributed by atoms with Crippen LogP contribution in [-0.4, -0.2) is 34.4 Å². The summed E-state index contributed by atoms with van der Waals surface area (Å²) >= 11 is 1.37. The standard InChI is InChI=1S/C20H22N2O4S/c1-20(2,3)16(23)9-18-22(17(24)12-27-18)10-14-11-26-19(21-14)13-5-7-15(25-4)8-6-13/h5-9,11H,10,12H2,1-4H3/b18-9-. The molecule has 1 aromatic heterocycles. The number of thioether (sulfide) groups is 1. The Morgan fingerprint density at radius 1 is 1.33 bits per heavy atom. The first-order valence-corrected chi connectivity index (χ1v) is 9.54. The van der Waals surface area contributed by atoms with E-state index in [1.54, 1.807) is 24.3 Å². The van der Waals surface area contributed by atoms with E-state index in [4.69, 9.17) is 9.15 Å². The highest BCUT2D eigenvalue weighted by atomic mass is 32.2. The fraction of sp³-hybridized carbons (Fsp3) is 0.350. The number of aromatic nitrogens is 1. The van der Waals surface area contributed by atoms with Gasteiger partial charge in [0.05, 0.1) is 30.1 Å². The lowest BCUT2D eigenvalue weighted by Gasteiger charge is -2.18. The number of methoxy groups -OCH3 is 1. The molecular formula is C20H22N2O4S. The largest absolute Gasteiger partial charge is 0.497 e. The van der Waals surface area contributed by atoms with Crippen LogP contribution in [0.1, 0.15) is 26.5 Å². The summed E-state index contributed by atoms with van der Waals surface area (Å²) in [5.74, 6) is 1.50. The summed E-state index contributed by atoms with van der Waals surface area (Å²) in [6.45, 7) is 5.85. The van der Waals surface area contributed by atoms with Crippen LogP contribution in [0.3, 0.4) is 0 Å². The summed E-state index contributed by atoms with van der Waals surface area (Å²) in [6, 6.07) is 7.38. The zero-order chi connectivity index (χ0) is 19.6. The predicted octanol–water partition coefficient (Wildman–Crippen LogP) is 3.88. The number of ether oxygens (including phenoxy) is 1. The number of hydrogen-bond acceptors (Lipinski definition) is 6. The third kappa shape index (κ3) is 4.42. The summed E-state index contributed by atoms with van der Waals surface area (Å²) in [5, 5.41) is 0.661. The van der Waals surface area contributed by atoms with Gasteiger partial charge in [0.15, 0.2) is 5.78 Å². The molecule has 1 fully saturated rings. The lowest BCUT2D eigenvalue weighted by atomic mass is 9.91. The normalized spacial score (nSPS) is 16.2. The molecule has 6 nitrogen and oxygen atoms in total. The molecule has 1 aromatic carbocycles. The van der Waals surface area contributed by atoms with Gasteiger partial charge in [-0.1, -0.05) is 32.5 Å². The average molecular weight is 386 g/mol. The van der Waals surface area contributed by atoms with E-state index in [-0.39, 0.29) is 18.2 Å². The molecule has 1 aliphatic rings. The second-order valence-corrected chi connectivity index (χ2v) is 8.23. The minimum Gasteiger partial charge on any atom is -0.497 e. The number of oxazole rings is 1. The van der Waals surface area contributed by atoms with Crippen molar-refractivity contribution in [2.24, 2.45) is 5.41 Å². The van der Waals surface area contributed by atoms with E-state index >= 15 is 0 Å². The van der Waals surface area contributed by atoms with Gasteiger partial charge in [0.1, 0.15) is 12.0 Å². The molecule has 0 spiro atoms. The van der Waals surface area contributed by atoms with E-state index in [2.05, 4.69) is 4.98 Å². The molecule has 0 N–H and O–H groups in total. The molecule has 0 unspecified atom stereocenters. The Labute approximate surface area is 162 Å². The van der Waals surface area contributed by atoms with Crippen molar-refractivity contribution in [3.8, 4) is 17.2 Å². The zero-order valence-corrected chi connectivity index (χ0v) is 16.6. The van der Waals surface area contributed by atoms with E-state index in [0.29, 0.717) is 22.4 Å². The van der Waals surface area contributed by atoms with Crippen molar-refractivity contribution < 1.29 is 18.7 Å². The van der Waals surface area contributed by atoms with Gasteiger partial charge in [0, 0.05) is 17.1 Å². The van der Waals surface area contributed by atoms with Crippen LogP contribution in [0.25, 0.3) is 11.5 Å². The highest BCUT2D eigenvalue weighted by Gasteiger charge is 2.30. The van der Waals surface area contributed by atoms with Gasteiger partial charge in [-0.15, -0.1) is 0 Å². The van der Waals surface area contributed by atoms with Crippen LogP contribution in [0, 0.1) is 5.41 Å². The maximum atomic E-state index is 12.3. The van der Waals surface area contributed by atoms with E-state index in [1.807, 2.05) is 45.0 Å². The Morgan fingerprint density at radius 2 is 2.04 bits per heavy atom. The van der Waals surface area contributed by atoms with Crippen molar-refractivity contribution in [3.63, 3.8) is 0 Å². The Balaban J connectivity index is 1.77. The number of amides is 1. The van der Waals surface area contributed by atoms with Gasteiger partial charge in [-0.05, 0) is 24.3 Å². The van der Waals surface area contributed by atoms with Crippen LogP contribution >= 0.6 is 11.8 Å². The molecule has 1 aliphatic heterocycles. The van der Waals surface area contributed by atoms with Gasteiger partial charge >= 0.3 is 0 Å². The van der Waals surface area contributed by atoms with Gasteiger partial charge < -0.3 is 9.15 Å². The molecule has 0 atom stereocenters. The Morgan fingerprint density at radius 3 is 2.67 bits per heavy atom. The van der Waals surface area contributed by atoms with Gasteiger partial charge in [0.2, 0.25) is 11.8 Å². The molecule has 1 amide bonds. The van der Waals surface area contributed by atoms with Gasteiger partial charge in [-0.2, -0.15) is 0 Å². The van der Waals surface area contributed by atoms with Crippen molar-refractivity contribution in [2.45, 2.75) is 27.3 Å².